The number of halogens is 3. The molecule has 4 nitrogen and oxygen atoms in total. The third-order valence-corrected chi connectivity index (χ3v) is 5.37. The summed E-state index contributed by atoms with van der Waals surface area (Å²) >= 11 is 1.37. The first kappa shape index (κ1) is 17.5. The maximum Gasteiger partial charge on any atom is 0.416 e. The maximum absolute atomic E-state index is 12.9. The number of alkyl halides is 3. The highest BCUT2D eigenvalue weighted by Crippen LogP contribution is 2.34. The number of aromatic nitrogens is 1. The van der Waals surface area contributed by atoms with Gasteiger partial charge >= 0.3 is 6.18 Å². The van der Waals surface area contributed by atoms with Crippen molar-refractivity contribution >= 4 is 33.0 Å². The molecule has 0 spiro atoms. The van der Waals surface area contributed by atoms with Crippen LogP contribution in [0, 0.1) is 5.41 Å². The Hall–Kier alpha value is -2.87. The Morgan fingerprint density at radius 2 is 1.93 bits per heavy atom. The third kappa shape index (κ3) is 3.28. The van der Waals surface area contributed by atoms with E-state index in [1.165, 1.54) is 22.3 Å². The number of fused-ring (bicyclic) bond motifs is 1. The number of nitrogens with zero attached hydrogens (tertiary/aromatic N) is 2. The van der Waals surface area contributed by atoms with Gasteiger partial charge in [-0.15, -0.1) is 11.3 Å². The zero-order valence-electron chi connectivity index (χ0n) is 13.9. The number of hydrogen-bond acceptors (Lipinski definition) is 4. The Bertz CT molecular complexity index is 1040. The van der Waals surface area contributed by atoms with Crippen LogP contribution in [0.4, 0.5) is 13.2 Å². The van der Waals surface area contributed by atoms with Crippen molar-refractivity contribution in [1.29, 1.82) is 5.41 Å². The number of rotatable bonds is 3. The number of aliphatic hydroxyl groups excluding tert-OH is 1. The van der Waals surface area contributed by atoms with Crippen molar-refractivity contribution in [2.75, 3.05) is 6.54 Å². The first-order valence-corrected chi connectivity index (χ1v) is 8.92. The Balaban J connectivity index is 1.59. The van der Waals surface area contributed by atoms with Gasteiger partial charge in [0, 0.05) is 6.54 Å². The summed E-state index contributed by atoms with van der Waals surface area (Å²) in [6, 6.07) is 12.5. The molecule has 2 N–H and O–H groups in total. The molecule has 0 radical (unpaired) electrons. The summed E-state index contributed by atoms with van der Waals surface area (Å²) in [5, 5.41) is 19.3. The molecule has 1 aromatic heterocycles. The van der Waals surface area contributed by atoms with Crippen LogP contribution in [0.15, 0.2) is 54.3 Å². The van der Waals surface area contributed by atoms with Crippen molar-refractivity contribution in [3.63, 3.8) is 0 Å². The number of nitrogens with one attached hydrogen (secondary N) is 1. The molecule has 4 rings (SSSR count). The van der Waals surface area contributed by atoms with Gasteiger partial charge in [0.2, 0.25) is 0 Å². The summed E-state index contributed by atoms with van der Waals surface area (Å²) in [6.07, 6.45) is -4.42. The first-order valence-electron chi connectivity index (χ1n) is 8.11. The molecule has 0 unspecified atom stereocenters. The topological polar surface area (TPSA) is 60.2 Å². The fourth-order valence-corrected chi connectivity index (χ4v) is 4.07. The van der Waals surface area contributed by atoms with Crippen LogP contribution >= 0.6 is 11.3 Å². The second-order valence-corrected chi connectivity index (χ2v) is 7.24. The van der Waals surface area contributed by atoms with Gasteiger partial charge in [-0.3, -0.25) is 5.41 Å². The lowest BCUT2D eigenvalue weighted by molar-refractivity contribution is -0.137. The van der Waals surface area contributed by atoms with Crippen LogP contribution in [0.3, 0.4) is 0 Å². The highest BCUT2D eigenvalue weighted by atomic mass is 32.1. The van der Waals surface area contributed by atoms with E-state index in [0.29, 0.717) is 16.1 Å². The minimum atomic E-state index is -4.42. The minimum absolute atomic E-state index is 0.00559. The van der Waals surface area contributed by atoms with Crippen LogP contribution in [0.25, 0.3) is 15.8 Å². The normalized spacial score (nSPS) is 15.2. The van der Waals surface area contributed by atoms with Crippen LogP contribution in [-0.4, -0.2) is 27.4 Å². The third-order valence-electron chi connectivity index (χ3n) is 4.32. The number of amidine groups is 1. The van der Waals surface area contributed by atoms with Crippen molar-refractivity contribution in [1.82, 2.24) is 9.88 Å². The van der Waals surface area contributed by atoms with Gasteiger partial charge in [0.25, 0.3) is 0 Å². The average molecular weight is 389 g/mol. The molecule has 0 fully saturated rings. The van der Waals surface area contributed by atoms with Gasteiger partial charge in [-0.2, -0.15) is 13.2 Å². The van der Waals surface area contributed by atoms with E-state index in [-0.39, 0.29) is 24.7 Å². The molecule has 1 aliphatic heterocycles. The number of para-hydroxylation sites is 1. The number of thiazole rings is 1. The first-order chi connectivity index (χ1) is 12.8. The van der Waals surface area contributed by atoms with Gasteiger partial charge in [-0.05, 0) is 29.8 Å². The van der Waals surface area contributed by atoms with E-state index in [9.17, 15) is 18.3 Å². The quantitative estimate of drug-likeness (QED) is 0.657. The Morgan fingerprint density at radius 1 is 1.15 bits per heavy atom. The predicted molar refractivity (Wildman–Crippen MR) is 98.7 cm³/mol. The van der Waals surface area contributed by atoms with Crippen molar-refractivity contribution < 1.29 is 18.3 Å². The van der Waals surface area contributed by atoms with Gasteiger partial charge in [0.05, 0.1) is 27.9 Å². The molecule has 0 amide bonds. The van der Waals surface area contributed by atoms with Gasteiger partial charge in [0.15, 0.2) is 0 Å². The minimum Gasteiger partial charge on any atom is -0.510 e. The summed E-state index contributed by atoms with van der Waals surface area (Å²) in [5.74, 6) is 0.0648. The summed E-state index contributed by atoms with van der Waals surface area (Å²) in [6.45, 7) is 0.168. The zero-order chi connectivity index (χ0) is 19.2. The van der Waals surface area contributed by atoms with Gasteiger partial charge in [-0.25, -0.2) is 4.98 Å². The van der Waals surface area contributed by atoms with E-state index in [1.54, 1.807) is 6.07 Å². The van der Waals surface area contributed by atoms with E-state index in [1.807, 2.05) is 24.3 Å². The van der Waals surface area contributed by atoms with E-state index in [2.05, 4.69) is 4.98 Å². The molecule has 8 heteroatoms. The van der Waals surface area contributed by atoms with E-state index in [0.717, 1.165) is 22.3 Å². The number of benzene rings is 2. The monoisotopic (exact) mass is 389 g/mol. The molecule has 2 heterocycles. The second-order valence-electron chi connectivity index (χ2n) is 6.21. The zero-order valence-corrected chi connectivity index (χ0v) is 14.7. The molecule has 0 saturated carbocycles. The summed E-state index contributed by atoms with van der Waals surface area (Å²) < 4.78 is 39.6. The summed E-state index contributed by atoms with van der Waals surface area (Å²) in [4.78, 5) is 6.00. The molecule has 0 bridgehead atoms. The molecule has 3 aromatic rings. The molecular formula is C19H14F3N3OS. The SMILES string of the molecule is N=C1C(c2nc3ccccc3s2)=C(O)CN1Cc1cccc(C(F)(F)F)c1. The van der Waals surface area contributed by atoms with E-state index >= 15 is 0 Å². The molecular weight excluding hydrogens is 375 g/mol. The van der Waals surface area contributed by atoms with Crippen LogP contribution in [0.2, 0.25) is 0 Å². The van der Waals surface area contributed by atoms with Crippen molar-refractivity contribution in [2.24, 2.45) is 0 Å². The smallest absolute Gasteiger partial charge is 0.416 e. The maximum atomic E-state index is 12.9. The van der Waals surface area contributed by atoms with Gasteiger partial charge in [-0.1, -0.05) is 24.3 Å². The Kier molecular flexibility index (Phi) is 4.15. The van der Waals surface area contributed by atoms with Crippen LogP contribution in [0.5, 0.6) is 0 Å². The molecule has 0 atom stereocenters. The molecule has 2 aromatic carbocycles. The molecule has 0 aliphatic carbocycles. The Labute approximate surface area is 156 Å². The predicted octanol–water partition coefficient (Wildman–Crippen LogP) is 5.08. The van der Waals surface area contributed by atoms with E-state index in [4.69, 9.17) is 5.41 Å². The highest BCUT2D eigenvalue weighted by molar-refractivity contribution is 7.19. The Morgan fingerprint density at radius 3 is 2.67 bits per heavy atom. The van der Waals surface area contributed by atoms with Gasteiger partial charge in [0.1, 0.15) is 16.6 Å². The lowest BCUT2D eigenvalue weighted by Crippen LogP contribution is -2.26. The van der Waals surface area contributed by atoms with Crippen molar-refractivity contribution in [3.8, 4) is 0 Å². The van der Waals surface area contributed by atoms with Gasteiger partial charge < -0.3 is 10.0 Å². The number of hydrogen-bond donors (Lipinski definition) is 2. The lowest BCUT2D eigenvalue weighted by Gasteiger charge is -2.19. The average Bonchev–Trinajstić information content (AvgIpc) is 3.15. The lowest BCUT2D eigenvalue weighted by atomic mass is 10.1. The summed E-state index contributed by atoms with van der Waals surface area (Å²) in [7, 11) is 0. The molecule has 27 heavy (non-hydrogen) atoms. The van der Waals surface area contributed by atoms with E-state index < -0.39 is 11.7 Å². The number of aliphatic hydroxyl groups is 1. The molecule has 1 aliphatic rings. The van der Waals surface area contributed by atoms with Crippen LogP contribution < -0.4 is 0 Å². The van der Waals surface area contributed by atoms with Crippen molar-refractivity contribution in [2.45, 2.75) is 12.7 Å². The van der Waals surface area contributed by atoms with Crippen LogP contribution in [-0.2, 0) is 12.7 Å². The molecule has 138 valence electrons. The fourth-order valence-electron chi connectivity index (χ4n) is 3.04. The largest absolute Gasteiger partial charge is 0.510 e. The van der Waals surface area contributed by atoms with Crippen molar-refractivity contribution in [3.05, 3.63) is 70.4 Å². The second kappa shape index (κ2) is 6.38. The molecule has 0 saturated heterocycles. The fraction of sp³-hybridized carbons (Fsp3) is 0.158. The summed E-state index contributed by atoms with van der Waals surface area (Å²) in [5.41, 5.74) is 0.812. The standard InChI is InChI=1S/C19H14F3N3OS/c20-19(21,22)12-5-3-4-11(8-12)9-25-10-14(26)16(17(25)23)18-24-13-6-1-2-7-15(13)27-18/h1-8,23,26H,9-10H2. The highest BCUT2D eigenvalue weighted by Gasteiger charge is 2.32. The van der Waals surface area contributed by atoms with Crippen LogP contribution in [0.1, 0.15) is 16.1 Å².